The average Bonchev–Trinajstić information content (AvgIpc) is 3.04. The standard InChI is InChI=1S/C26H36N4O5/c1-16(2)29-21-14-18(17-10-12-28(13-11-17)15-23(32)35-26(3,4)5)6-7-19(21)30(25(29)34)20-8-9-22(31)27-24(20)33/h6-7,14,16-17,20H,8-13,15H2,1-5H3,(H,27,31,33). The van der Waals surface area contributed by atoms with Crippen LogP contribution >= 0.6 is 0 Å². The first-order chi connectivity index (χ1) is 16.4. The van der Waals surface area contributed by atoms with Gasteiger partial charge in [0.05, 0.1) is 17.6 Å². The number of ether oxygens (including phenoxy) is 1. The van der Waals surface area contributed by atoms with Gasteiger partial charge in [-0.1, -0.05) is 6.07 Å². The number of aromatic nitrogens is 2. The number of likely N-dealkylation sites (tertiary alicyclic amines) is 1. The molecule has 2 fully saturated rings. The Hall–Kier alpha value is -2.94. The highest BCUT2D eigenvalue weighted by Crippen LogP contribution is 2.32. The van der Waals surface area contributed by atoms with E-state index >= 15 is 0 Å². The molecule has 3 heterocycles. The van der Waals surface area contributed by atoms with E-state index < -0.39 is 17.6 Å². The Morgan fingerprint density at radius 1 is 1.09 bits per heavy atom. The number of carbonyl (C=O) groups excluding carboxylic acids is 3. The Morgan fingerprint density at radius 3 is 2.37 bits per heavy atom. The summed E-state index contributed by atoms with van der Waals surface area (Å²) < 4.78 is 8.73. The van der Waals surface area contributed by atoms with E-state index in [0.717, 1.165) is 37.0 Å². The Bertz CT molecular complexity index is 1190. The molecular weight excluding hydrogens is 448 g/mol. The maximum absolute atomic E-state index is 13.4. The maximum atomic E-state index is 13.4. The summed E-state index contributed by atoms with van der Waals surface area (Å²) in [5.41, 5.74) is 1.96. The summed E-state index contributed by atoms with van der Waals surface area (Å²) in [7, 11) is 0. The number of fused-ring (bicyclic) bond motifs is 1. The number of hydrogen-bond donors (Lipinski definition) is 1. The zero-order valence-electron chi connectivity index (χ0n) is 21.3. The normalized spacial score (nSPS) is 20.5. The predicted molar refractivity (Wildman–Crippen MR) is 132 cm³/mol. The van der Waals surface area contributed by atoms with Crippen LogP contribution in [0, 0.1) is 0 Å². The van der Waals surface area contributed by atoms with E-state index in [-0.39, 0.29) is 30.0 Å². The third-order valence-corrected chi connectivity index (χ3v) is 6.80. The second-order valence-corrected chi connectivity index (χ2v) is 11.0. The smallest absolute Gasteiger partial charge is 0.330 e. The summed E-state index contributed by atoms with van der Waals surface area (Å²) in [5.74, 6) is -0.600. The first kappa shape index (κ1) is 25.2. The molecule has 0 saturated carbocycles. The van der Waals surface area contributed by atoms with Gasteiger partial charge in [0, 0.05) is 12.5 Å². The number of amides is 2. The SMILES string of the molecule is CC(C)n1c(=O)n(C2CCC(=O)NC2=O)c2ccc(C3CCN(CC(=O)OC(C)(C)C)CC3)cc21. The van der Waals surface area contributed by atoms with Crippen LogP contribution < -0.4 is 11.0 Å². The Morgan fingerprint density at radius 2 is 1.77 bits per heavy atom. The molecule has 35 heavy (non-hydrogen) atoms. The molecular formula is C26H36N4O5. The van der Waals surface area contributed by atoms with Gasteiger partial charge in [0.15, 0.2) is 0 Å². The van der Waals surface area contributed by atoms with Crippen molar-refractivity contribution < 1.29 is 19.1 Å². The van der Waals surface area contributed by atoms with E-state index in [9.17, 15) is 19.2 Å². The number of imide groups is 1. The summed E-state index contributed by atoms with van der Waals surface area (Å²) >= 11 is 0. The van der Waals surface area contributed by atoms with E-state index in [0.29, 0.717) is 24.4 Å². The van der Waals surface area contributed by atoms with Gasteiger partial charge in [0.25, 0.3) is 0 Å². The topological polar surface area (TPSA) is 103 Å². The van der Waals surface area contributed by atoms with Crippen molar-refractivity contribution >= 4 is 28.8 Å². The molecule has 0 spiro atoms. The molecule has 2 aliphatic heterocycles. The lowest BCUT2D eigenvalue weighted by molar-refractivity contribution is -0.156. The van der Waals surface area contributed by atoms with Gasteiger partial charge in [-0.3, -0.25) is 33.7 Å². The van der Waals surface area contributed by atoms with Crippen LogP contribution in [0.3, 0.4) is 0 Å². The molecule has 2 aromatic rings. The van der Waals surface area contributed by atoms with Crippen LogP contribution in [0.4, 0.5) is 0 Å². The highest BCUT2D eigenvalue weighted by Gasteiger charge is 2.32. The lowest BCUT2D eigenvalue weighted by atomic mass is 9.89. The Balaban J connectivity index is 1.56. The summed E-state index contributed by atoms with van der Waals surface area (Å²) in [6, 6.07) is 5.29. The van der Waals surface area contributed by atoms with Gasteiger partial charge in [-0.15, -0.1) is 0 Å². The van der Waals surface area contributed by atoms with Gasteiger partial charge in [0.2, 0.25) is 11.8 Å². The zero-order valence-corrected chi connectivity index (χ0v) is 21.3. The minimum atomic E-state index is -0.690. The quantitative estimate of drug-likeness (QED) is 0.517. The molecule has 2 saturated heterocycles. The first-order valence-electron chi connectivity index (χ1n) is 12.5. The van der Waals surface area contributed by atoms with Crippen LogP contribution in [0.25, 0.3) is 11.0 Å². The van der Waals surface area contributed by atoms with Crippen molar-refractivity contribution in [3.63, 3.8) is 0 Å². The summed E-state index contributed by atoms with van der Waals surface area (Å²) in [5, 5.41) is 2.37. The number of hydrogen-bond acceptors (Lipinski definition) is 6. The number of nitrogens with one attached hydrogen (secondary N) is 1. The second-order valence-electron chi connectivity index (χ2n) is 11.0. The number of imidazole rings is 1. The van der Waals surface area contributed by atoms with Crippen molar-refractivity contribution in [2.24, 2.45) is 0 Å². The Kier molecular flexibility index (Phi) is 6.90. The van der Waals surface area contributed by atoms with E-state index in [1.807, 2.05) is 46.8 Å². The van der Waals surface area contributed by atoms with Gasteiger partial charge in [-0.05, 0) is 90.6 Å². The fourth-order valence-electron chi connectivity index (χ4n) is 5.22. The fraction of sp³-hybridized carbons (Fsp3) is 0.615. The minimum Gasteiger partial charge on any atom is -0.459 e. The fourth-order valence-corrected chi connectivity index (χ4v) is 5.22. The van der Waals surface area contributed by atoms with E-state index in [2.05, 4.69) is 16.3 Å². The second kappa shape index (κ2) is 9.60. The van der Waals surface area contributed by atoms with E-state index in [4.69, 9.17) is 4.74 Å². The summed E-state index contributed by atoms with van der Waals surface area (Å²) in [4.78, 5) is 51.9. The van der Waals surface area contributed by atoms with Gasteiger partial charge >= 0.3 is 11.7 Å². The number of carbonyl (C=O) groups is 3. The van der Waals surface area contributed by atoms with Crippen molar-refractivity contribution in [3.8, 4) is 0 Å². The van der Waals surface area contributed by atoms with Crippen LogP contribution in [0.5, 0.6) is 0 Å². The lowest BCUT2D eigenvalue weighted by Crippen LogP contribution is -2.44. The molecule has 0 bridgehead atoms. The zero-order chi connectivity index (χ0) is 25.5. The Labute approximate surface area is 205 Å². The largest absolute Gasteiger partial charge is 0.459 e. The third-order valence-electron chi connectivity index (χ3n) is 6.80. The predicted octanol–water partition coefficient (Wildman–Crippen LogP) is 2.88. The van der Waals surface area contributed by atoms with Crippen LogP contribution in [-0.2, 0) is 19.1 Å². The molecule has 2 amide bonds. The third kappa shape index (κ3) is 5.34. The van der Waals surface area contributed by atoms with Crippen molar-refractivity contribution in [2.75, 3.05) is 19.6 Å². The molecule has 1 N–H and O–H groups in total. The number of nitrogens with zero attached hydrogens (tertiary/aromatic N) is 3. The van der Waals surface area contributed by atoms with Gasteiger partial charge in [-0.25, -0.2) is 4.79 Å². The van der Waals surface area contributed by atoms with Crippen molar-refractivity contribution in [3.05, 3.63) is 34.2 Å². The molecule has 9 nitrogen and oxygen atoms in total. The molecule has 1 aromatic carbocycles. The van der Waals surface area contributed by atoms with Crippen LogP contribution in [0.2, 0.25) is 0 Å². The van der Waals surface area contributed by atoms with Gasteiger partial charge in [0.1, 0.15) is 11.6 Å². The lowest BCUT2D eigenvalue weighted by Gasteiger charge is -2.32. The number of piperidine rings is 2. The van der Waals surface area contributed by atoms with Crippen LogP contribution in [-0.4, -0.2) is 57.1 Å². The molecule has 4 rings (SSSR count). The summed E-state index contributed by atoms with van der Waals surface area (Å²) in [6.07, 6.45) is 2.36. The highest BCUT2D eigenvalue weighted by molar-refractivity contribution is 6.00. The molecule has 9 heteroatoms. The molecule has 1 atom stereocenters. The maximum Gasteiger partial charge on any atom is 0.330 e. The number of rotatable bonds is 5. The number of esters is 1. The van der Waals surface area contributed by atoms with Gasteiger partial charge < -0.3 is 4.74 Å². The van der Waals surface area contributed by atoms with Crippen LogP contribution in [0.15, 0.2) is 23.0 Å². The minimum absolute atomic E-state index is 0.0783. The van der Waals surface area contributed by atoms with Crippen molar-refractivity contribution in [1.82, 2.24) is 19.4 Å². The van der Waals surface area contributed by atoms with Crippen molar-refractivity contribution in [2.45, 2.75) is 83.9 Å². The van der Waals surface area contributed by atoms with E-state index in [1.54, 1.807) is 9.13 Å². The monoisotopic (exact) mass is 484 g/mol. The molecule has 0 aliphatic carbocycles. The molecule has 190 valence electrons. The van der Waals surface area contributed by atoms with E-state index in [1.165, 1.54) is 0 Å². The van der Waals surface area contributed by atoms with Crippen LogP contribution in [0.1, 0.15) is 83.9 Å². The average molecular weight is 485 g/mol. The van der Waals surface area contributed by atoms with Crippen molar-refractivity contribution in [1.29, 1.82) is 0 Å². The molecule has 1 aromatic heterocycles. The molecule has 1 unspecified atom stereocenters. The highest BCUT2D eigenvalue weighted by atomic mass is 16.6. The van der Waals surface area contributed by atoms with Gasteiger partial charge in [-0.2, -0.15) is 0 Å². The summed E-state index contributed by atoms with van der Waals surface area (Å²) in [6.45, 7) is 11.4. The molecule has 0 radical (unpaired) electrons. The molecule has 2 aliphatic rings. The first-order valence-corrected chi connectivity index (χ1v) is 12.5. The number of benzene rings is 1.